The fraction of sp³-hybridized carbons (Fsp3) is 0.154. The van der Waals surface area contributed by atoms with Gasteiger partial charge in [-0.2, -0.15) is 5.26 Å². The first-order valence-corrected chi connectivity index (χ1v) is 6.25. The van der Waals surface area contributed by atoms with Gasteiger partial charge < -0.3 is 5.32 Å². The van der Waals surface area contributed by atoms with Crippen LogP contribution in [0, 0.1) is 31.8 Å². The van der Waals surface area contributed by atoms with Gasteiger partial charge in [0.15, 0.2) is 11.3 Å². The molecule has 1 aromatic carbocycles. The quantitative estimate of drug-likeness (QED) is 0.823. The highest BCUT2D eigenvalue weighted by molar-refractivity contribution is 7.10. The van der Waals surface area contributed by atoms with E-state index >= 15 is 0 Å². The van der Waals surface area contributed by atoms with Crippen LogP contribution in [0.2, 0.25) is 0 Å². The van der Waals surface area contributed by atoms with E-state index in [0.29, 0.717) is 10.7 Å². The van der Waals surface area contributed by atoms with E-state index in [2.05, 4.69) is 14.5 Å². The molecule has 2 aromatic rings. The van der Waals surface area contributed by atoms with E-state index in [0.717, 1.165) is 28.3 Å². The Morgan fingerprint density at radius 2 is 2.05 bits per heavy atom. The molecule has 0 saturated heterocycles. The molecule has 0 atom stereocenters. The average molecular weight is 270 g/mol. The van der Waals surface area contributed by atoms with Crippen molar-refractivity contribution in [2.24, 2.45) is 0 Å². The zero-order chi connectivity index (χ0) is 14.0. The van der Waals surface area contributed by atoms with Crippen molar-refractivity contribution in [3.05, 3.63) is 50.6 Å². The molecule has 0 aliphatic rings. The molecule has 1 aromatic heterocycles. The minimum absolute atomic E-state index is 0.0783. The van der Waals surface area contributed by atoms with Crippen LogP contribution >= 0.6 is 11.5 Å². The summed E-state index contributed by atoms with van der Waals surface area (Å²) in [5.41, 5.74) is 2.80. The summed E-state index contributed by atoms with van der Waals surface area (Å²) in [7, 11) is 0. The van der Waals surface area contributed by atoms with Crippen LogP contribution in [0.1, 0.15) is 16.7 Å². The van der Waals surface area contributed by atoms with Crippen molar-refractivity contribution >= 4 is 27.9 Å². The predicted octanol–water partition coefficient (Wildman–Crippen LogP) is 3.22. The summed E-state index contributed by atoms with van der Waals surface area (Å²) in [5, 5.41) is 12.4. The maximum atomic E-state index is 11.3. The highest BCUT2D eigenvalue weighted by atomic mass is 32.1. The Hall–Kier alpha value is -2.57. The Balaban J connectivity index is 2.43. The van der Waals surface area contributed by atoms with Gasteiger partial charge in [0.2, 0.25) is 0 Å². The Morgan fingerprint density at radius 3 is 2.58 bits per heavy atom. The Kier molecular flexibility index (Phi) is 3.37. The minimum Gasteiger partial charge on any atom is -0.345 e. The van der Waals surface area contributed by atoms with E-state index in [4.69, 9.17) is 11.8 Å². The summed E-state index contributed by atoms with van der Waals surface area (Å²) in [6.45, 7) is 10.8. The number of H-pyrrole nitrogens is 1. The molecule has 2 N–H and O–H groups in total. The zero-order valence-corrected chi connectivity index (χ0v) is 11.2. The summed E-state index contributed by atoms with van der Waals surface area (Å²) in [6.07, 6.45) is 0. The monoisotopic (exact) mass is 270 g/mol. The topological polar surface area (TPSA) is 73.0 Å². The number of aromatic nitrogens is 1. The van der Waals surface area contributed by atoms with E-state index in [1.807, 2.05) is 32.0 Å². The van der Waals surface area contributed by atoms with E-state index < -0.39 is 0 Å². The number of aromatic amines is 1. The first-order chi connectivity index (χ1) is 9.06. The normalized spacial score (nSPS) is 9.68. The number of nitrogens with one attached hydrogen (secondary N) is 2. The lowest BCUT2D eigenvalue weighted by molar-refractivity contribution is 1.37. The molecule has 0 aliphatic carbocycles. The molecule has 0 fully saturated rings. The Bertz CT molecular complexity index is 750. The first kappa shape index (κ1) is 12.9. The SMILES string of the molecule is [C-]#[N+]c1c(C)cc(Nc2s[nH]c(=O)c2C#N)cc1C. The number of aryl methyl sites for hydroxylation is 2. The second-order valence-electron chi connectivity index (χ2n) is 4.04. The second kappa shape index (κ2) is 4.97. The molecule has 0 bridgehead atoms. The van der Waals surface area contributed by atoms with Gasteiger partial charge in [-0.25, -0.2) is 4.85 Å². The van der Waals surface area contributed by atoms with Crippen molar-refractivity contribution < 1.29 is 0 Å². The molecule has 1 heterocycles. The van der Waals surface area contributed by atoms with Crippen molar-refractivity contribution in [2.45, 2.75) is 13.8 Å². The number of hydrogen-bond donors (Lipinski definition) is 2. The van der Waals surface area contributed by atoms with Gasteiger partial charge in [0.1, 0.15) is 11.1 Å². The molecular formula is C13H10N4OS. The zero-order valence-electron chi connectivity index (χ0n) is 10.4. The average Bonchev–Trinajstić information content (AvgIpc) is 2.69. The molecule has 0 saturated carbocycles. The van der Waals surface area contributed by atoms with Crippen molar-refractivity contribution in [2.75, 3.05) is 5.32 Å². The van der Waals surface area contributed by atoms with E-state index in [1.165, 1.54) is 0 Å². The summed E-state index contributed by atoms with van der Waals surface area (Å²) in [6, 6.07) is 5.52. The fourth-order valence-corrected chi connectivity index (χ4v) is 2.53. The van der Waals surface area contributed by atoms with Gasteiger partial charge in [-0.1, -0.05) is 0 Å². The van der Waals surface area contributed by atoms with Crippen LogP contribution in [0.4, 0.5) is 16.4 Å². The van der Waals surface area contributed by atoms with Gasteiger partial charge >= 0.3 is 0 Å². The molecule has 19 heavy (non-hydrogen) atoms. The largest absolute Gasteiger partial charge is 0.345 e. The molecular weight excluding hydrogens is 260 g/mol. The van der Waals surface area contributed by atoms with E-state index in [1.54, 1.807) is 0 Å². The number of rotatable bonds is 2. The highest BCUT2D eigenvalue weighted by Crippen LogP contribution is 2.30. The third kappa shape index (κ3) is 2.35. The molecule has 2 rings (SSSR count). The number of hydrogen-bond acceptors (Lipinski definition) is 4. The maximum absolute atomic E-state index is 11.3. The lowest BCUT2D eigenvalue weighted by Crippen LogP contribution is -2.02. The number of nitrogens with zero attached hydrogens (tertiary/aromatic N) is 2. The summed E-state index contributed by atoms with van der Waals surface area (Å²) < 4.78 is 2.51. The van der Waals surface area contributed by atoms with Gasteiger partial charge in [-0.3, -0.25) is 9.17 Å². The van der Waals surface area contributed by atoms with Crippen LogP contribution in [0.25, 0.3) is 4.85 Å². The maximum Gasteiger partial charge on any atom is 0.278 e. The molecule has 0 spiro atoms. The Labute approximate surface area is 114 Å². The summed E-state index contributed by atoms with van der Waals surface area (Å²) in [5.74, 6) is 0. The van der Waals surface area contributed by atoms with Crippen molar-refractivity contribution in [3.63, 3.8) is 0 Å². The summed E-state index contributed by atoms with van der Waals surface area (Å²) in [4.78, 5) is 14.8. The third-order valence-electron chi connectivity index (χ3n) is 2.67. The second-order valence-corrected chi connectivity index (χ2v) is 4.86. The molecule has 6 heteroatoms. The number of nitriles is 1. The molecule has 0 unspecified atom stereocenters. The van der Waals surface area contributed by atoms with E-state index in [-0.39, 0.29) is 11.1 Å². The Morgan fingerprint density at radius 1 is 1.42 bits per heavy atom. The van der Waals surface area contributed by atoms with Crippen LogP contribution in [0.5, 0.6) is 0 Å². The van der Waals surface area contributed by atoms with Gasteiger partial charge in [-0.15, -0.1) is 0 Å². The molecule has 5 nitrogen and oxygen atoms in total. The lowest BCUT2D eigenvalue weighted by Gasteiger charge is -2.08. The van der Waals surface area contributed by atoms with E-state index in [9.17, 15) is 4.79 Å². The van der Waals surface area contributed by atoms with Crippen LogP contribution in [0.15, 0.2) is 16.9 Å². The highest BCUT2D eigenvalue weighted by Gasteiger charge is 2.11. The van der Waals surface area contributed by atoms with Crippen LogP contribution in [-0.2, 0) is 0 Å². The lowest BCUT2D eigenvalue weighted by atomic mass is 10.1. The predicted molar refractivity (Wildman–Crippen MR) is 75.1 cm³/mol. The molecule has 94 valence electrons. The molecule has 0 amide bonds. The summed E-state index contributed by atoms with van der Waals surface area (Å²) >= 11 is 1.09. The van der Waals surface area contributed by atoms with Gasteiger partial charge in [0, 0.05) is 5.69 Å². The first-order valence-electron chi connectivity index (χ1n) is 5.44. The third-order valence-corrected chi connectivity index (χ3v) is 3.47. The standard InChI is InChI=1S/C13H10N4OS/c1-7-4-9(5-8(2)11(7)15-3)16-13-10(6-14)12(18)17-19-13/h4-5,16H,1-2H3,(H,17,18). The van der Waals surface area contributed by atoms with Crippen molar-refractivity contribution in [1.82, 2.24) is 4.37 Å². The van der Waals surface area contributed by atoms with Crippen molar-refractivity contribution in [1.29, 1.82) is 5.26 Å². The van der Waals surface area contributed by atoms with Gasteiger partial charge in [-0.05, 0) is 48.6 Å². The molecule has 0 aliphatic heterocycles. The van der Waals surface area contributed by atoms with Crippen LogP contribution < -0.4 is 10.9 Å². The van der Waals surface area contributed by atoms with Crippen LogP contribution in [0.3, 0.4) is 0 Å². The number of anilines is 2. The van der Waals surface area contributed by atoms with Gasteiger partial charge in [0.05, 0.1) is 6.57 Å². The smallest absolute Gasteiger partial charge is 0.278 e. The van der Waals surface area contributed by atoms with Gasteiger partial charge in [0.25, 0.3) is 5.56 Å². The minimum atomic E-state index is -0.388. The van der Waals surface area contributed by atoms with Crippen LogP contribution in [-0.4, -0.2) is 4.37 Å². The molecule has 0 radical (unpaired) electrons. The number of benzene rings is 1. The fourth-order valence-electron chi connectivity index (χ4n) is 1.83. The van der Waals surface area contributed by atoms with Crippen molar-refractivity contribution in [3.8, 4) is 6.07 Å².